The summed E-state index contributed by atoms with van der Waals surface area (Å²) in [5, 5.41) is 18.4. The highest BCUT2D eigenvalue weighted by atomic mass is 79.9. The third-order valence-corrected chi connectivity index (χ3v) is 2.28. The molecular formula is C8H6Br2O3. The first-order valence-electron chi connectivity index (χ1n) is 3.36. The van der Waals surface area contributed by atoms with Crippen LogP contribution in [-0.4, -0.2) is 19.7 Å². The van der Waals surface area contributed by atoms with Gasteiger partial charge in [-0.15, -0.1) is 0 Å². The standard InChI is InChI=1S/C8H6Br2O3/c9-8(10)7(13)5-3-4(11)1-2-6(5)12/h1-3,8,11-12H. The number of benzene rings is 1. The minimum atomic E-state index is -0.562. The smallest absolute Gasteiger partial charge is 0.190 e. The number of ketones is 1. The quantitative estimate of drug-likeness (QED) is 0.501. The minimum absolute atomic E-state index is 0.0539. The van der Waals surface area contributed by atoms with Crippen LogP contribution in [0.5, 0.6) is 11.5 Å². The van der Waals surface area contributed by atoms with Crippen LogP contribution in [0, 0.1) is 0 Å². The van der Waals surface area contributed by atoms with E-state index in [4.69, 9.17) is 5.11 Å². The van der Waals surface area contributed by atoms with Crippen LogP contribution < -0.4 is 0 Å². The third kappa shape index (κ3) is 2.45. The molecule has 1 aromatic carbocycles. The molecule has 0 unspecified atom stereocenters. The van der Waals surface area contributed by atoms with E-state index >= 15 is 0 Å². The van der Waals surface area contributed by atoms with Crippen LogP contribution >= 0.6 is 31.9 Å². The number of halogens is 2. The molecule has 3 nitrogen and oxygen atoms in total. The lowest BCUT2D eigenvalue weighted by Crippen LogP contribution is -2.06. The molecule has 2 N–H and O–H groups in total. The number of rotatable bonds is 2. The molecule has 1 aromatic rings. The average Bonchev–Trinajstić information content (AvgIpc) is 2.08. The van der Waals surface area contributed by atoms with E-state index in [9.17, 15) is 9.90 Å². The Hall–Kier alpha value is -0.550. The van der Waals surface area contributed by atoms with Crippen molar-refractivity contribution in [2.24, 2.45) is 0 Å². The van der Waals surface area contributed by atoms with Crippen LogP contribution in [0.3, 0.4) is 0 Å². The van der Waals surface area contributed by atoms with Crippen LogP contribution in [0.2, 0.25) is 0 Å². The zero-order valence-electron chi connectivity index (χ0n) is 6.37. The summed E-state index contributed by atoms with van der Waals surface area (Å²) in [6.45, 7) is 0. The molecule has 0 spiro atoms. The van der Waals surface area contributed by atoms with Crippen molar-refractivity contribution in [3.63, 3.8) is 0 Å². The second-order valence-corrected chi connectivity index (χ2v) is 5.43. The highest BCUT2D eigenvalue weighted by Gasteiger charge is 2.17. The lowest BCUT2D eigenvalue weighted by atomic mass is 10.1. The van der Waals surface area contributed by atoms with Gasteiger partial charge < -0.3 is 10.2 Å². The van der Waals surface area contributed by atoms with Gasteiger partial charge in [0, 0.05) is 0 Å². The summed E-state index contributed by atoms with van der Waals surface area (Å²) in [6, 6.07) is 3.79. The fraction of sp³-hybridized carbons (Fsp3) is 0.125. The molecule has 0 bridgehead atoms. The average molecular weight is 310 g/mol. The molecule has 0 atom stereocenters. The Balaban J connectivity index is 3.13. The van der Waals surface area contributed by atoms with Gasteiger partial charge in [0.15, 0.2) is 5.78 Å². The molecule has 0 radical (unpaired) electrons. The van der Waals surface area contributed by atoms with E-state index in [0.29, 0.717) is 0 Å². The molecule has 0 heterocycles. The van der Waals surface area contributed by atoms with E-state index in [1.165, 1.54) is 18.2 Å². The van der Waals surface area contributed by atoms with Crippen LogP contribution in [0.1, 0.15) is 10.4 Å². The van der Waals surface area contributed by atoms with E-state index in [0.717, 1.165) is 0 Å². The van der Waals surface area contributed by atoms with E-state index in [-0.39, 0.29) is 22.8 Å². The SMILES string of the molecule is O=C(c1cc(O)ccc1O)C(Br)Br. The number of phenols is 2. The monoisotopic (exact) mass is 308 g/mol. The van der Waals surface area contributed by atoms with Crippen molar-refractivity contribution in [3.05, 3.63) is 23.8 Å². The highest BCUT2D eigenvalue weighted by Crippen LogP contribution is 2.26. The van der Waals surface area contributed by atoms with Gasteiger partial charge in [0.1, 0.15) is 15.2 Å². The lowest BCUT2D eigenvalue weighted by Gasteiger charge is -2.04. The number of carbonyl (C=O) groups excluding carboxylic acids is 1. The predicted octanol–water partition coefficient (Wildman–Crippen LogP) is 2.40. The van der Waals surface area contributed by atoms with Crippen LogP contribution in [0.15, 0.2) is 18.2 Å². The number of hydrogen-bond donors (Lipinski definition) is 2. The summed E-state index contributed by atoms with van der Waals surface area (Å²) in [7, 11) is 0. The number of Topliss-reactive ketones (excluding diaryl/α,β-unsaturated/α-hetero) is 1. The molecule has 0 saturated heterocycles. The van der Waals surface area contributed by atoms with Gasteiger partial charge in [0.05, 0.1) is 5.56 Å². The topological polar surface area (TPSA) is 57.5 Å². The minimum Gasteiger partial charge on any atom is -0.508 e. The molecule has 0 aliphatic carbocycles. The molecule has 0 amide bonds. The molecule has 0 aromatic heterocycles. The first kappa shape index (κ1) is 10.5. The molecule has 0 fully saturated rings. The van der Waals surface area contributed by atoms with Gasteiger partial charge >= 0.3 is 0 Å². The first-order valence-corrected chi connectivity index (χ1v) is 5.20. The van der Waals surface area contributed by atoms with Gasteiger partial charge in [-0.3, -0.25) is 4.79 Å². The number of carbonyl (C=O) groups is 1. The van der Waals surface area contributed by atoms with Gasteiger partial charge in [0.2, 0.25) is 0 Å². The van der Waals surface area contributed by atoms with Crippen molar-refractivity contribution in [3.8, 4) is 11.5 Å². The van der Waals surface area contributed by atoms with Crippen LogP contribution in [-0.2, 0) is 0 Å². The summed E-state index contributed by atoms with van der Waals surface area (Å²) < 4.78 is -0.562. The van der Waals surface area contributed by atoms with Crippen LogP contribution in [0.25, 0.3) is 0 Å². The van der Waals surface area contributed by atoms with E-state index in [1.807, 2.05) is 0 Å². The van der Waals surface area contributed by atoms with Crippen molar-refractivity contribution < 1.29 is 15.0 Å². The summed E-state index contributed by atoms with van der Waals surface area (Å²) in [6.07, 6.45) is 0. The zero-order valence-corrected chi connectivity index (χ0v) is 9.54. The maximum atomic E-state index is 11.4. The van der Waals surface area contributed by atoms with Crippen molar-refractivity contribution in [2.75, 3.05) is 0 Å². The summed E-state index contributed by atoms with van der Waals surface area (Å²) >= 11 is 6.02. The molecule has 1 rings (SSSR count). The first-order chi connectivity index (χ1) is 6.02. The largest absolute Gasteiger partial charge is 0.508 e. The van der Waals surface area contributed by atoms with Crippen molar-refractivity contribution >= 4 is 37.6 Å². The fourth-order valence-corrected chi connectivity index (χ4v) is 1.33. The number of phenolic OH excluding ortho intramolecular Hbond substituents is 2. The Morgan fingerprint density at radius 3 is 2.46 bits per heavy atom. The van der Waals surface area contributed by atoms with Gasteiger partial charge in [-0.2, -0.15) is 0 Å². The molecule has 0 aliphatic heterocycles. The Kier molecular flexibility index (Phi) is 3.33. The number of aromatic hydroxyl groups is 2. The zero-order chi connectivity index (χ0) is 10.0. The third-order valence-electron chi connectivity index (χ3n) is 1.44. The summed E-state index contributed by atoms with van der Waals surface area (Å²) in [4.78, 5) is 11.4. The predicted molar refractivity (Wildman–Crippen MR) is 55.7 cm³/mol. The molecule has 70 valence electrons. The Morgan fingerprint density at radius 2 is 1.92 bits per heavy atom. The van der Waals surface area contributed by atoms with Crippen molar-refractivity contribution in [2.45, 2.75) is 3.74 Å². The van der Waals surface area contributed by atoms with E-state index < -0.39 is 3.74 Å². The Bertz CT molecular complexity index is 336. The molecule has 5 heteroatoms. The van der Waals surface area contributed by atoms with Crippen molar-refractivity contribution in [1.29, 1.82) is 0 Å². The van der Waals surface area contributed by atoms with E-state index in [1.54, 1.807) is 0 Å². The highest BCUT2D eigenvalue weighted by molar-refractivity contribution is 9.25. The second-order valence-electron chi connectivity index (χ2n) is 2.37. The maximum Gasteiger partial charge on any atom is 0.190 e. The van der Waals surface area contributed by atoms with Gasteiger partial charge in [0.25, 0.3) is 0 Å². The van der Waals surface area contributed by atoms with Crippen LogP contribution in [0.4, 0.5) is 0 Å². The van der Waals surface area contributed by atoms with Crippen molar-refractivity contribution in [1.82, 2.24) is 0 Å². The van der Waals surface area contributed by atoms with E-state index in [2.05, 4.69) is 31.9 Å². The Morgan fingerprint density at radius 1 is 1.31 bits per heavy atom. The molecular weight excluding hydrogens is 304 g/mol. The van der Waals surface area contributed by atoms with Gasteiger partial charge in [-0.25, -0.2) is 0 Å². The summed E-state index contributed by atoms with van der Waals surface area (Å²) in [5.41, 5.74) is 0.0822. The molecule has 13 heavy (non-hydrogen) atoms. The molecule has 0 saturated carbocycles. The summed E-state index contributed by atoms with van der Waals surface area (Å²) in [5.74, 6) is -0.540. The number of alkyl halides is 2. The maximum absolute atomic E-state index is 11.4. The fourth-order valence-electron chi connectivity index (χ4n) is 0.839. The lowest BCUT2D eigenvalue weighted by molar-refractivity contribution is 0.101. The normalized spacial score (nSPS) is 10.4. The molecule has 0 aliphatic rings. The van der Waals surface area contributed by atoms with Gasteiger partial charge in [-0.05, 0) is 18.2 Å². The second kappa shape index (κ2) is 4.11. The number of hydrogen-bond acceptors (Lipinski definition) is 3. The van der Waals surface area contributed by atoms with Gasteiger partial charge in [-0.1, -0.05) is 31.9 Å². The Labute approximate surface area is 91.6 Å².